The SMILES string of the molecule is CCCCCCCCCCCCN1C(=O)c2ccccc2C1=O.O=C([O-])CCCN1C(=O)c2ccccc2C1=O. The van der Waals surface area contributed by atoms with Crippen molar-refractivity contribution in [1.82, 2.24) is 9.80 Å². The number of unbranched alkanes of at least 4 members (excludes halogenated alkanes) is 9. The number of rotatable bonds is 15. The summed E-state index contributed by atoms with van der Waals surface area (Å²) >= 11 is 0. The summed E-state index contributed by atoms with van der Waals surface area (Å²) < 4.78 is 0. The highest BCUT2D eigenvalue weighted by Crippen LogP contribution is 2.24. The summed E-state index contributed by atoms with van der Waals surface area (Å²) in [5, 5.41) is 10.3. The summed E-state index contributed by atoms with van der Waals surface area (Å²) in [7, 11) is 0. The molecule has 0 aliphatic carbocycles. The highest BCUT2D eigenvalue weighted by Gasteiger charge is 2.35. The zero-order valence-corrected chi connectivity index (χ0v) is 23.4. The van der Waals surface area contributed by atoms with Gasteiger partial charge < -0.3 is 9.90 Å². The van der Waals surface area contributed by atoms with Crippen LogP contribution in [-0.4, -0.2) is 52.5 Å². The summed E-state index contributed by atoms with van der Waals surface area (Å²) in [6, 6.07) is 13.7. The van der Waals surface area contributed by atoms with Crippen LogP contribution in [0.25, 0.3) is 0 Å². The number of benzene rings is 2. The lowest BCUT2D eigenvalue weighted by Crippen LogP contribution is -2.32. The fourth-order valence-electron chi connectivity index (χ4n) is 5.02. The number of imide groups is 2. The van der Waals surface area contributed by atoms with Crippen molar-refractivity contribution in [2.24, 2.45) is 0 Å². The lowest BCUT2D eigenvalue weighted by molar-refractivity contribution is -0.305. The third-order valence-corrected chi connectivity index (χ3v) is 7.25. The predicted molar refractivity (Wildman–Crippen MR) is 150 cm³/mol. The summed E-state index contributed by atoms with van der Waals surface area (Å²) in [4.78, 5) is 60.8. The number of nitrogens with zero attached hydrogens (tertiary/aromatic N) is 2. The van der Waals surface area contributed by atoms with Gasteiger partial charge in [0, 0.05) is 19.1 Å². The Bertz CT molecular complexity index is 1140. The maximum atomic E-state index is 12.2. The molecule has 2 aliphatic heterocycles. The fraction of sp³-hybridized carbons (Fsp3) is 0.469. The van der Waals surface area contributed by atoms with E-state index in [1.165, 1.54) is 56.3 Å². The topological polar surface area (TPSA) is 115 Å². The maximum absolute atomic E-state index is 12.2. The average molecular weight is 548 g/mol. The molecule has 214 valence electrons. The molecule has 2 aliphatic rings. The fourth-order valence-corrected chi connectivity index (χ4v) is 5.02. The first-order chi connectivity index (χ1) is 19.4. The molecule has 2 aromatic carbocycles. The molecule has 4 amide bonds. The molecule has 0 fully saturated rings. The summed E-state index contributed by atoms with van der Waals surface area (Å²) in [6.07, 6.45) is 12.6. The summed E-state index contributed by atoms with van der Waals surface area (Å²) in [5.41, 5.74) is 1.88. The molecule has 2 heterocycles. The van der Waals surface area contributed by atoms with Crippen molar-refractivity contribution in [3.63, 3.8) is 0 Å². The van der Waals surface area contributed by atoms with E-state index in [0.29, 0.717) is 28.8 Å². The van der Waals surface area contributed by atoms with E-state index >= 15 is 0 Å². The van der Waals surface area contributed by atoms with E-state index in [1.807, 2.05) is 12.1 Å². The molecule has 4 rings (SSSR count). The van der Waals surface area contributed by atoms with Gasteiger partial charge in [-0.15, -0.1) is 0 Å². The number of carbonyl (C=O) groups is 5. The minimum Gasteiger partial charge on any atom is -0.550 e. The van der Waals surface area contributed by atoms with Crippen LogP contribution in [0.2, 0.25) is 0 Å². The number of fused-ring (bicyclic) bond motifs is 2. The summed E-state index contributed by atoms with van der Waals surface area (Å²) in [6.45, 7) is 2.91. The number of carboxylic acid groups (broad SMARTS) is 1. The van der Waals surface area contributed by atoms with Gasteiger partial charge in [-0.05, 0) is 43.5 Å². The number of amides is 4. The number of carboxylic acids is 1. The van der Waals surface area contributed by atoms with Crippen LogP contribution in [-0.2, 0) is 4.79 Å². The quantitative estimate of drug-likeness (QED) is 0.229. The van der Waals surface area contributed by atoms with Crippen LogP contribution in [0.15, 0.2) is 48.5 Å². The zero-order chi connectivity index (χ0) is 28.9. The first-order valence-corrected chi connectivity index (χ1v) is 14.5. The Morgan fingerprint density at radius 2 is 0.875 bits per heavy atom. The summed E-state index contributed by atoms with van der Waals surface area (Å²) in [5.74, 6) is -2.14. The number of aliphatic carboxylic acids is 1. The van der Waals surface area contributed by atoms with Crippen LogP contribution in [0.4, 0.5) is 0 Å². The molecule has 0 N–H and O–H groups in total. The van der Waals surface area contributed by atoms with Crippen LogP contribution in [0.3, 0.4) is 0 Å². The van der Waals surface area contributed by atoms with E-state index in [9.17, 15) is 29.1 Å². The van der Waals surface area contributed by atoms with Crippen molar-refractivity contribution >= 4 is 29.6 Å². The van der Waals surface area contributed by atoms with Crippen molar-refractivity contribution in [2.45, 2.75) is 84.0 Å². The smallest absolute Gasteiger partial charge is 0.261 e. The van der Waals surface area contributed by atoms with Crippen molar-refractivity contribution in [3.8, 4) is 0 Å². The van der Waals surface area contributed by atoms with Gasteiger partial charge in [0.15, 0.2) is 0 Å². The van der Waals surface area contributed by atoms with Gasteiger partial charge in [0.05, 0.1) is 22.3 Å². The minimum absolute atomic E-state index is 0.111. The second-order valence-corrected chi connectivity index (χ2v) is 10.3. The van der Waals surface area contributed by atoms with Gasteiger partial charge in [-0.1, -0.05) is 89.0 Å². The third kappa shape index (κ3) is 8.10. The van der Waals surface area contributed by atoms with Crippen molar-refractivity contribution < 1.29 is 29.1 Å². The lowest BCUT2D eigenvalue weighted by atomic mass is 10.1. The van der Waals surface area contributed by atoms with Crippen molar-refractivity contribution in [3.05, 3.63) is 70.8 Å². The second kappa shape index (κ2) is 15.7. The van der Waals surface area contributed by atoms with Gasteiger partial charge >= 0.3 is 0 Å². The lowest BCUT2D eigenvalue weighted by Gasteiger charge is -2.13. The Labute approximate surface area is 236 Å². The number of hydrogen-bond acceptors (Lipinski definition) is 6. The average Bonchev–Trinajstić information content (AvgIpc) is 3.35. The van der Waals surface area contributed by atoms with Crippen LogP contribution in [0, 0.1) is 0 Å². The first kappa shape index (κ1) is 30.7. The molecule has 0 unspecified atom stereocenters. The van der Waals surface area contributed by atoms with E-state index in [0.717, 1.165) is 17.7 Å². The molecule has 8 heteroatoms. The number of carbonyl (C=O) groups excluding carboxylic acids is 5. The van der Waals surface area contributed by atoms with Crippen molar-refractivity contribution in [1.29, 1.82) is 0 Å². The van der Waals surface area contributed by atoms with E-state index in [2.05, 4.69) is 6.92 Å². The highest BCUT2D eigenvalue weighted by atomic mass is 16.4. The molecule has 0 aromatic heterocycles. The highest BCUT2D eigenvalue weighted by molar-refractivity contribution is 6.22. The maximum Gasteiger partial charge on any atom is 0.261 e. The Hall–Kier alpha value is -3.81. The van der Waals surface area contributed by atoms with Crippen LogP contribution >= 0.6 is 0 Å². The van der Waals surface area contributed by atoms with Gasteiger partial charge in [-0.2, -0.15) is 0 Å². The Morgan fingerprint density at radius 3 is 1.23 bits per heavy atom. The predicted octanol–water partition coefficient (Wildman–Crippen LogP) is 5.02. The monoisotopic (exact) mass is 547 g/mol. The van der Waals surface area contributed by atoms with Crippen LogP contribution in [0.1, 0.15) is 125 Å². The normalized spacial score (nSPS) is 13.8. The molecule has 0 saturated carbocycles. The van der Waals surface area contributed by atoms with Gasteiger partial charge in [-0.25, -0.2) is 0 Å². The zero-order valence-electron chi connectivity index (χ0n) is 23.4. The van der Waals surface area contributed by atoms with Crippen LogP contribution < -0.4 is 5.11 Å². The Morgan fingerprint density at radius 1 is 0.550 bits per heavy atom. The molecule has 0 bridgehead atoms. The molecular formula is C32H39N2O6-. The molecule has 0 spiro atoms. The Kier molecular flexibility index (Phi) is 12.1. The van der Waals surface area contributed by atoms with Gasteiger partial charge in [-0.3, -0.25) is 29.0 Å². The van der Waals surface area contributed by atoms with Gasteiger partial charge in [0.2, 0.25) is 0 Å². The molecule has 0 radical (unpaired) electrons. The van der Waals surface area contributed by atoms with E-state index in [4.69, 9.17) is 0 Å². The molecule has 2 aromatic rings. The van der Waals surface area contributed by atoms with Gasteiger partial charge in [0.1, 0.15) is 0 Å². The molecular weight excluding hydrogens is 508 g/mol. The largest absolute Gasteiger partial charge is 0.550 e. The van der Waals surface area contributed by atoms with Gasteiger partial charge in [0.25, 0.3) is 23.6 Å². The molecule has 40 heavy (non-hydrogen) atoms. The third-order valence-electron chi connectivity index (χ3n) is 7.25. The second-order valence-electron chi connectivity index (χ2n) is 10.3. The van der Waals surface area contributed by atoms with E-state index in [1.54, 1.807) is 36.4 Å². The molecule has 0 atom stereocenters. The standard InChI is InChI=1S/C20H29NO2.C12H11NO4/c1-2-3-4-5-6-7-8-9-10-13-16-21-19(22)17-14-11-12-15-18(17)20(21)23;14-10(15)6-3-7-13-11(16)8-4-1-2-5-9(8)12(13)17/h11-12,14-15H,2-10,13,16H2,1H3;1-2,4-5H,3,6-7H2,(H,14,15)/p-1. The minimum atomic E-state index is -1.18. The van der Waals surface area contributed by atoms with Crippen molar-refractivity contribution in [2.75, 3.05) is 13.1 Å². The molecule has 0 saturated heterocycles. The molecule has 8 nitrogen and oxygen atoms in total. The number of hydrogen-bond donors (Lipinski definition) is 0. The van der Waals surface area contributed by atoms with E-state index < -0.39 is 5.97 Å². The first-order valence-electron chi connectivity index (χ1n) is 14.5. The Balaban J connectivity index is 0.000000230. The van der Waals surface area contributed by atoms with Crippen LogP contribution in [0.5, 0.6) is 0 Å². The van der Waals surface area contributed by atoms with E-state index in [-0.39, 0.29) is 43.0 Å².